The zero-order valence-electron chi connectivity index (χ0n) is 14.4. The van der Waals surface area contributed by atoms with Crippen LogP contribution in [0.4, 0.5) is 15.9 Å². The summed E-state index contributed by atoms with van der Waals surface area (Å²) in [6, 6.07) is 5.78. The Morgan fingerprint density at radius 1 is 1.42 bits per heavy atom. The van der Waals surface area contributed by atoms with Gasteiger partial charge in [0.05, 0.1) is 16.5 Å². The minimum Gasteiger partial charge on any atom is -0.356 e. The van der Waals surface area contributed by atoms with Crippen molar-refractivity contribution in [3.63, 3.8) is 0 Å². The van der Waals surface area contributed by atoms with Gasteiger partial charge in [-0.25, -0.2) is 14.4 Å². The lowest BCUT2D eigenvalue weighted by Gasteiger charge is -2.31. The summed E-state index contributed by atoms with van der Waals surface area (Å²) >= 11 is 7.25. The second-order valence-electron chi connectivity index (χ2n) is 6.37. The lowest BCUT2D eigenvalue weighted by atomic mass is 10.0. The van der Waals surface area contributed by atoms with Crippen molar-refractivity contribution >= 4 is 40.8 Å². The Hall–Kier alpha value is -1.86. The number of carbonyl (C=O) groups excluding carboxylic acids is 1. The van der Waals surface area contributed by atoms with Crippen LogP contribution >= 0.6 is 23.4 Å². The molecule has 8 heteroatoms. The molecule has 1 aromatic heterocycles. The van der Waals surface area contributed by atoms with Crippen molar-refractivity contribution in [2.45, 2.75) is 24.8 Å². The molecule has 3 rings (SSSR count). The third kappa shape index (κ3) is 5.08. The zero-order valence-corrected chi connectivity index (χ0v) is 16.0. The summed E-state index contributed by atoms with van der Waals surface area (Å²) in [7, 11) is 0. The zero-order chi connectivity index (χ0) is 18.5. The average molecular weight is 395 g/mol. The summed E-state index contributed by atoms with van der Waals surface area (Å²) < 4.78 is 13.1. The number of nitrogens with zero attached hydrogens (tertiary/aromatic N) is 3. The number of hydrogen-bond donors (Lipinski definition) is 1. The van der Waals surface area contributed by atoms with Crippen molar-refractivity contribution < 1.29 is 9.18 Å². The molecule has 1 N–H and O–H groups in total. The van der Waals surface area contributed by atoms with E-state index in [1.807, 2.05) is 6.07 Å². The summed E-state index contributed by atoms with van der Waals surface area (Å²) in [5, 5.41) is 3.60. The normalized spacial score (nSPS) is 17.2. The van der Waals surface area contributed by atoms with Crippen LogP contribution in [0.3, 0.4) is 0 Å². The fraction of sp³-hybridized carbons (Fsp3) is 0.389. The number of rotatable bonds is 5. The van der Waals surface area contributed by atoms with Crippen molar-refractivity contribution in [2.75, 3.05) is 29.1 Å². The molecular weight excluding hydrogens is 375 g/mol. The Bertz CT molecular complexity index is 792. The summed E-state index contributed by atoms with van der Waals surface area (Å²) in [6.45, 7) is 4.23. The summed E-state index contributed by atoms with van der Waals surface area (Å²) in [5.41, 5.74) is 0.393. The first-order valence-electron chi connectivity index (χ1n) is 8.46. The maximum atomic E-state index is 13.1. The Balaban J connectivity index is 1.57. The molecule has 1 aliphatic rings. The van der Waals surface area contributed by atoms with Crippen LogP contribution in [0.15, 0.2) is 35.6 Å². The first-order chi connectivity index (χ1) is 12.5. The highest BCUT2D eigenvalue weighted by molar-refractivity contribution is 7.99. The maximum absolute atomic E-state index is 13.1. The van der Waals surface area contributed by atoms with E-state index in [0.29, 0.717) is 11.6 Å². The molecule has 2 heterocycles. The first kappa shape index (κ1) is 18.9. The number of hydrogen-bond acceptors (Lipinski definition) is 5. The van der Waals surface area contributed by atoms with Crippen LogP contribution in [-0.2, 0) is 4.79 Å². The monoisotopic (exact) mass is 394 g/mol. The quantitative estimate of drug-likeness (QED) is 0.607. The van der Waals surface area contributed by atoms with Gasteiger partial charge in [0.25, 0.3) is 0 Å². The first-order valence-corrected chi connectivity index (χ1v) is 9.82. The van der Waals surface area contributed by atoms with Gasteiger partial charge in [-0.1, -0.05) is 30.3 Å². The van der Waals surface area contributed by atoms with E-state index in [1.54, 1.807) is 0 Å². The van der Waals surface area contributed by atoms with Gasteiger partial charge in [0.1, 0.15) is 23.0 Å². The van der Waals surface area contributed by atoms with Crippen LogP contribution in [0, 0.1) is 11.7 Å². The number of halogens is 2. The second kappa shape index (κ2) is 8.68. The van der Waals surface area contributed by atoms with E-state index >= 15 is 0 Å². The third-order valence-corrected chi connectivity index (χ3v) is 5.40. The van der Waals surface area contributed by atoms with Gasteiger partial charge in [-0.05, 0) is 37.0 Å². The number of nitrogens with one attached hydrogen (secondary N) is 1. The number of anilines is 2. The summed E-state index contributed by atoms with van der Waals surface area (Å²) in [6.07, 6.45) is 3.94. The van der Waals surface area contributed by atoms with Crippen molar-refractivity contribution in [3.8, 4) is 0 Å². The van der Waals surface area contributed by atoms with Gasteiger partial charge in [0, 0.05) is 19.2 Å². The predicted octanol–water partition coefficient (Wildman–Crippen LogP) is 4.24. The largest absolute Gasteiger partial charge is 0.356 e. The molecule has 1 amide bonds. The van der Waals surface area contributed by atoms with Crippen LogP contribution in [0.5, 0.6) is 0 Å². The van der Waals surface area contributed by atoms with Gasteiger partial charge in [-0.2, -0.15) is 0 Å². The molecule has 0 radical (unpaired) electrons. The summed E-state index contributed by atoms with van der Waals surface area (Å²) in [5.74, 6) is 1.07. The minimum atomic E-state index is -0.442. The summed E-state index contributed by atoms with van der Waals surface area (Å²) in [4.78, 5) is 23.0. The number of piperidine rings is 1. The van der Waals surface area contributed by atoms with E-state index in [0.717, 1.165) is 30.4 Å². The van der Waals surface area contributed by atoms with Gasteiger partial charge in [0.2, 0.25) is 5.91 Å². The smallest absolute Gasteiger partial charge is 0.234 e. The molecule has 1 saturated heterocycles. The predicted molar refractivity (Wildman–Crippen MR) is 103 cm³/mol. The highest BCUT2D eigenvalue weighted by Gasteiger charge is 2.18. The van der Waals surface area contributed by atoms with Gasteiger partial charge in [-0.3, -0.25) is 4.79 Å². The molecule has 1 aliphatic heterocycles. The number of aromatic nitrogens is 2. The number of amides is 1. The van der Waals surface area contributed by atoms with Crippen LogP contribution in [0.2, 0.25) is 5.02 Å². The van der Waals surface area contributed by atoms with Crippen LogP contribution in [0.1, 0.15) is 19.8 Å². The topological polar surface area (TPSA) is 58.1 Å². The Labute approximate surface area is 161 Å². The fourth-order valence-corrected chi connectivity index (χ4v) is 3.77. The van der Waals surface area contributed by atoms with Gasteiger partial charge in [-0.15, -0.1) is 0 Å². The molecule has 138 valence electrons. The average Bonchev–Trinajstić information content (AvgIpc) is 2.63. The SMILES string of the molecule is CC1CCCN(c2cc(SCC(=O)Nc3ccc(F)cc3Cl)ncn2)C1. The van der Waals surface area contributed by atoms with Crippen molar-refractivity contribution in [2.24, 2.45) is 5.92 Å². The van der Waals surface area contributed by atoms with E-state index in [9.17, 15) is 9.18 Å². The molecule has 0 aliphatic carbocycles. The number of thioether (sulfide) groups is 1. The maximum Gasteiger partial charge on any atom is 0.234 e. The highest BCUT2D eigenvalue weighted by Crippen LogP contribution is 2.25. The van der Waals surface area contributed by atoms with Crippen LogP contribution < -0.4 is 10.2 Å². The van der Waals surface area contributed by atoms with E-state index in [1.165, 1.54) is 42.7 Å². The Morgan fingerprint density at radius 3 is 3.04 bits per heavy atom. The molecule has 2 aromatic rings. The Kier molecular flexibility index (Phi) is 6.32. The molecule has 26 heavy (non-hydrogen) atoms. The molecule has 1 unspecified atom stereocenters. The second-order valence-corrected chi connectivity index (χ2v) is 7.77. The number of benzene rings is 1. The van der Waals surface area contributed by atoms with Crippen molar-refractivity contribution in [1.82, 2.24) is 9.97 Å². The molecule has 1 fully saturated rings. The highest BCUT2D eigenvalue weighted by atomic mass is 35.5. The standard InChI is InChI=1S/C18H20ClFN4OS/c1-12-3-2-6-24(9-12)16-8-18(22-11-21-16)26-10-17(25)23-15-5-4-13(20)7-14(15)19/h4-5,7-8,11-12H,2-3,6,9-10H2,1H3,(H,23,25). The van der Waals surface area contributed by atoms with Crippen LogP contribution in [-0.4, -0.2) is 34.7 Å². The number of carbonyl (C=O) groups is 1. The van der Waals surface area contributed by atoms with E-state index in [4.69, 9.17) is 11.6 Å². The molecule has 1 atom stereocenters. The molecular formula is C18H20ClFN4OS. The molecule has 0 saturated carbocycles. The van der Waals surface area contributed by atoms with Crippen molar-refractivity contribution in [3.05, 3.63) is 41.4 Å². The molecule has 5 nitrogen and oxygen atoms in total. The molecule has 0 spiro atoms. The van der Waals surface area contributed by atoms with Gasteiger partial charge in [0.15, 0.2) is 0 Å². The lowest BCUT2D eigenvalue weighted by Crippen LogP contribution is -2.34. The Morgan fingerprint density at radius 2 is 2.27 bits per heavy atom. The molecule has 0 bridgehead atoms. The van der Waals surface area contributed by atoms with Gasteiger partial charge < -0.3 is 10.2 Å². The van der Waals surface area contributed by atoms with E-state index in [-0.39, 0.29) is 16.7 Å². The van der Waals surface area contributed by atoms with Crippen LogP contribution in [0.25, 0.3) is 0 Å². The third-order valence-electron chi connectivity index (χ3n) is 4.16. The van der Waals surface area contributed by atoms with Crippen molar-refractivity contribution in [1.29, 1.82) is 0 Å². The fourth-order valence-electron chi connectivity index (χ4n) is 2.90. The lowest BCUT2D eigenvalue weighted by molar-refractivity contribution is -0.113. The molecule has 1 aromatic carbocycles. The minimum absolute atomic E-state index is 0.173. The van der Waals surface area contributed by atoms with Gasteiger partial charge >= 0.3 is 0 Å². The van der Waals surface area contributed by atoms with E-state index in [2.05, 4.69) is 27.1 Å². The van der Waals surface area contributed by atoms with E-state index < -0.39 is 5.82 Å².